The molecule has 1 heterocycles. The molecule has 0 aromatic heterocycles. The van der Waals surface area contributed by atoms with Crippen LogP contribution in [0.4, 0.5) is 0 Å². The van der Waals surface area contributed by atoms with Crippen LogP contribution in [0.3, 0.4) is 0 Å². The summed E-state index contributed by atoms with van der Waals surface area (Å²) in [6.45, 7) is 12.3. The molecular formula is C17H28N2O2S. The van der Waals surface area contributed by atoms with Crippen molar-refractivity contribution in [3.63, 3.8) is 0 Å². The topological polar surface area (TPSA) is 58.2 Å². The summed E-state index contributed by atoms with van der Waals surface area (Å²) in [5, 5.41) is 3.57. The van der Waals surface area contributed by atoms with Gasteiger partial charge in [-0.3, -0.25) is 0 Å². The molecule has 0 bridgehead atoms. The Labute approximate surface area is 134 Å². The minimum atomic E-state index is -3.49. The number of aryl methyl sites for hydroxylation is 2. The van der Waals surface area contributed by atoms with Crippen molar-refractivity contribution in [3.8, 4) is 0 Å². The summed E-state index contributed by atoms with van der Waals surface area (Å²) in [7, 11) is -3.49. The van der Waals surface area contributed by atoms with Crippen molar-refractivity contribution in [2.75, 3.05) is 0 Å². The molecule has 4 nitrogen and oxygen atoms in total. The molecule has 0 aliphatic carbocycles. The fourth-order valence-corrected chi connectivity index (χ4v) is 5.25. The molecule has 0 atom stereocenters. The highest BCUT2D eigenvalue weighted by Gasteiger charge is 2.39. The smallest absolute Gasteiger partial charge is 0.241 e. The van der Waals surface area contributed by atoms with E-state index in [0.717, 1.165) is 24.0 Å². The van der Waals surface area contributed by atoms with Crippen LogP contribution in [0.25, 0.3) is 0 Å². The van der Waals surface area contributed by atoms with Crippen LogP contribution in [-0.4, -0.2) is 25.5 Å². The molecule has 1 saturated heterocycles. The van der Waals surface area contributed by atoms with E-state index < -0.39 is 10.0 Å². The van der Waals surface area contributed by atoms with E-state index in [2.05, 4.69) is 37.7 Å². The third-order valence-corrected chi connectivity index (χ3v) is 5.81. The summed E-state index contributed by atoms with van der Waals surface area (Å²) < 4.78 is 28.4. The van der Waals surface area contributed by atoms with E-state index in [1.165, 1.54) is 0 Å². The summed E-state index contributed by atoms with van der Waals surface area (Å²) in [5.74, 6) is 0. The van der Waals surface area contributed by atoms with Gasteiger partial charge in [-0.2, -0.15) is 0 Å². The van der Waals surface area contributed by atoms with E-state index in [9.17, 15) is 8.42 Å². The van der Waals surface area contributed by atoms with Gasteiger partial charge in [0.2, 0.25) is 10.0 Å². The summed E-state index contributed by atoms with van der Waals surface area (Å²) in [4.78, 5) is 0.382. The lowest BCUT2D eigenvalue weighted by Crippen LogP contribution is -2.62. The highest BCUT2D eigenvalue weighted by molar-refractivity contribution is 7.89. The predicted molar refractivity (Wildman–Crippen MR) is 90.6 cm³/mol. The zero-order chi connectivity index (χ0) is 16.8. The van der Waals surface area contributed by atoms with E-state index in [1.54, 1.807) is 6.07 Å². The van der Waals surface area contributed by atoms with Gasteiger partial charge in [-0.15, -0.1) is 0 Å². The molecule has 1 aliphatic rings. The van der Waals surface area contributed by atoms with Crippen molar-refractivity contribution in [1.29, 1.82) is 0 Å². The van der Waals surface area contributed by atoms with Crippen molar-refractivity contribution >= 4 is 10.0 Å². The van der Waals surface area contributed by atoms with Crippen molar-refractivity contribution in [2.24, 2.45) is 0 Å². The molecule has 5 heteroatoms. The van der Waals surface area contributed by atoms with Gasteiger partial charge in [-0.1, -0.05) is 17.7 Å². The Kier molecular flexibility index (Phi) is 4.46. The summed E-state index contributed by atoms with van der Waals surface area (Å²) >= 11 is 0. The average Bonchev–Trinajstić information content (AvgIpc) is 2.21. The standard InChI is InChI=1S/C17H28N2O2S/c1-12-7-8-15(13(2)9-12)22(20,21)18-14-10-16(3,4)19-17(5,6)11-14/h7-9,14,18-19H,10-11H2,1-6H3. The van der Waals surface area contributed by atoms with Crippen molar-refractivity contribution in [3.05, 3.63) is 29.3 Å². The van der Waals surface area contributed by atoms with E-state index >= 15 is 0 Å². The number of nitrogens with one attached hydrogen (secondary N) is 2. The number of hydrogen-bond donors (Lipinski definition) is 2. The van der Waals surface area contributed by atoms with E-state index in [-0.39, 0.29) is 17.1 Å². The second-order valence-electron chi connectivity index (χ2n) is 7.89. The molecule has 1 fully saturated rings. The molecule has 0 amide bonds. The monoisotopic (exact) mass is 324 g/mol. The Hall–Kier alpha value is -0.910. The van der Waals surface area contributed by atoms with Gasteiger partial charge in [0.1, 0.15) is 0 Å². The summed E-state index contributed by atoms with van der Waals surface area (Å²) in [6.07, 6.45) is 1.56. The first-order chi connectivity index (χ1) is 9.90. The molecule has 22 heavy (non-hydrogen) atoms. The van der Waals surface area contributed by atoms with Crippen LogP contribution >= 0.6 is 0 Å². The molecule has 1 aromatic carbocycles. The summed E-state index contributed by atoms with van der Waals surface area (Å²) in [6, 6.07) is 5.39. The fourth-order valence-electron chi connectivity index (χ4n) is 3.79. The molecule has 2 N–H and O–H groups in total. The van der Waals surface area contributed by atoms with Gasteiger partial charge in [0.05, 0.1) is 4.90 Å². The number of hydrogen-bond acceptors (Lipinski definition) is 3. The van der Waals surface area contributed by atoms with E-state index in [1.807, 2.05) is 26.0 Å². The van der Waals surface area contributed by atoms with Gasteiger partial charge in [-0.25, -0.2) is 13.1 Å². The van der Waals surface area contributed by atoms with Crippen molar-refractivity contribution < 1.29 is 8.42 Å². The third-order valence-electron chi connectivity index (χ3n) is 4.13. The quantitative estimate of drug-likeness (QED) is 0.899. The second kappa shape index (κ2) is 5.62. The molecule has 1 aromatic rings. The molecular weight excluding hydrogens is 296 g/mol. The van der Waals surface area contributed by atoms with Crippen LogP contribution in [0.15, 0.2) is 23.1 Å². The van der Waals surface area contributed by atoms with E-state index in [4.69, 9.17) is 0 Å². The van der Waals surface area contributed by atoms with Gasteiger partial charge in [0.25, 0.3) is 0 Å². The van der Waals surface area contributed by atoms with Gasteiger partial charge in [-0.05, 0) is 66.0 Å². The molecule has 0 spiro atoms. The first-order valence-corrected chi connectivity index (χ1v) is 9.28. The zero-order valence-electron chi connectivity index (χ0n) is 14.4. The molecule has 0 radical (unpaired) electrons. The molecule has 124 valence electrons. The normalized spacial score (nSPS) is 21.7. The maximum Gasteiger partial charge on any atom is 0.241 e. The Bertz CT molecular complexity index is 647. The average molecular weight is 324 g/mol. The largest absolute Gasteiger partial charge is 0.307 e. The summed E-state index contributed by atoms with van der Waals surface area (Å²) in [5.41, 5.74) is 1.69. The van der Waals surface area contributed by atoms with Crippen LogP contribution in [0.1, 0.15) is 51.7 Å². The molecule has 0 unspecified atom stereocenters. The lowest BCUT2D eigenvalue weighted by molar-refractivity contribution is 0.157. The first kappa shape index (κ1) is 17.4. The maximum absolute atomic E-state index is 12.7. The second-order valence-corrected chi connectivity index (χ2v) is 9.57. The SMILES string of the molecule is Cc1ccc(S(=O)(=O)NC2CC(C)(C)NC(C)(C)C2)c(C)c1. The van der Waals surface area contributed by atoms with Gasteiger partial charge >= 0.3 is 0 Å². The Morgan fingerprint density at radius 3 is 2.14 bits per heavy atom. The third kappa shape index (κ3) is 4.09. The molecule has 2 rings (SSSR count). The van der Waals surface area contributed by atoms with E-state index in [0.29, 0.717) is 4.90 Å². The predicted octanol–water partition coefficient (Wildman–Crippen LogP) is 2.89. The van der Waals surface area contributed by atoms with Crippen LogP contribution in [0.5, 0.6) is 0 Å². The lowest BCUT2D eigenvalue weighted by atomic mass is 9.80. The van der Waals surface area contributed by atoms with Crippen LogP contribution in [0, 0.1) is 13.8 Å². The van der Waals surface area contributed by atoms with Crippen LogP contribution in [0.2, 0.25) is 0 Å². The zero-order valence-corrected chi connectivity index (χ0v) is 15.3. The molecule has 1 aliphatic heterocycles. The number of rotatable bonds is 3. The number of benzene rings is 1. The number of sulfonamides is 1. The van der Waals surface area contributed by atoms with Gasteiger partial charge in [0, 0.05) is 17.1 Å². The highest BCUT2D eigenvalue weighted by atomic mass is 32.2. The Balaban J connectivity index is 2.25. The van der Waals surface area contributed by atoms with Gasteiger partial charge < -0.3 is 5.32 Å². The maximum atomic E-state index is 12.7. The first-order valence-electron chi connectivity index (χ1n) is 7.79. The Morgan fingerprint density at radius 2 is 1.64 bits per heavy atom. The number of piperidine rings is 1. The minimum Gasteiger partial charge on any atom is -0.307 e. The molecule has 0 saturated carbocycles. The fraction of sp³-hybridized carbons (Fsp3) is 0.647. The lowest BCUT2D eigenvalue weighted by Gasteiger charge is -2.46. The van der Waals surface area contributed by atoms with Crippen LogP contribution in [-0.2, 0) is 10.0 Å². The Morgan fingerprint density at radius 1 is 1.09 bits per heavy atom. The van der Waals surface area contributed by atoms with Crippen molar-refractivity contribution in [1.82, 2.24) is 10.0 Å². The van der Waals surface area contributed by atoms with Gasteiger partial charge in [0.15, 0.2) is 0 Å². The van der Waals surface area contributed by atoms with Crippen LogP contribution < -0.4 is 10.0 Å². The highest BCUT2D eigenvalue weighted by Crippen LogP contribution is 2.29. The minimum absolute atomic E-state index is 0.0584. The van der Waals surface area contributed by atoms with Crippen molar-refractivity contribution in [2.45, 2.75) is 76.4 Å².